The summed E-state index contributed by atoms with van der Waals surface area (Å²) in [4.78, 5) is 28.4. The number of nitrogens with one attached hydrogen (secondary N) is 1. The lowest BCUT2D eigenvalue weighted by Crippen LogP contribution is -2.52. The van der Waals surface area contributed by atoms with E-state index in [0.717, 1.165) is 12.1 Å². The van der Waals surface area contributed by atoms with E-state index in [1.165, 1.54) is 36.3 Å². The van der Waals surface area contributed by atoms with Crippen LogP contribution in [0.2, 0.25) is 5.02 Å². The van der Waals surface area contributed by atoms with Crippen molar-refractivity contribution in [2.24, 2.45) is 5.92 Å². The summed E-state index contributed by atoms with van der Waals surface area (Å²) >= 11 is 5.82. The predicted molar refractivity (Wildman–Crippen MR) is 163 cm³/mol. The van der Waals surface area contributed by atoms with E-state index in [4.69, 9.17) is 16.3 Å². The Morgan fingerprint density at radius 3 is 2.27 bits per heavy atom. The van der Waals surface area contributed by atoms with Crippen LogP contribution in [-0.4, -0.2) is 51.4 Å². The molecule has 3 aromatic rings. The van der Waals surface area contributed by atoms with Gasteiger partial charge in [0.25, 0.3) is 10.0 Å². The molecule has 0 bridgehead atoms. The second kappa shape index (κ2) is 14.8. The summed E-state index contributed by atoms with van der Waals surface area (Å²) < 4.78 is 75.0. The number of benzene rings is 3. The first kappa shape index (κ1) is 34.7. The van der Waals surface area contributed by atoms with Gasteiger partial charge >= 0.3 is 6.18 Å². The summed E-state index contributed by atoms with van der Waals surface area (Å²) in [6.45, 7) is 4.88. The Balaban J connectivity index is 2.13. The molecule has 8 nitrogen and oxygen atoms in total. The molecule has 0 saturated carbocycles. The van der Waals surface area contributed by atoms with Gasteiger partial charge in [0.05, 0.1) is 28.3 Å². The molecule has 238 valence electrons. The van der Waals surface area contributed by atoms with Crippen LogP contribution in [0.25, 0.3) is 0 Å². The number of methoxy groups -OCH3 is 1. The zero-order valence-corrected chi connectivity index (χ0v) is 26.3. The smallest absolute Gasteiger partial charge is 0.417 e. The molecule has 0 aliphatic rings. The first-order valence-corrected chi connectivity index (χ1v) is 15.7. The average molecular weight is 654 g/mol. The highest BCUT2D eigenvalue weighted by atomic mass is 35.5. The third kappa shape index (κ3) is 8.66. The number of ether oxygens (including phenoxy) is 1. The van der Waals surface area contributed by atoms with Gasteiger partial charge in [-0.25, -0.2) is 8.42 Å². The topological polar surface area (TPSA) is 96.0 Å². The van der Waals surface area contributed by atoms with Gasteiger partial charge in [-0.3, -0.25) is 13.9 Å². The van der Waals surface area contributed by atoms with Crippen LogP contribution >= 0.6 is 11.6 Å². The Morgan fingerprint density at radius 1 is 1.00 bits per heavy atom. The Hall–Kier alpha value is -3.77. The summed E-state index contributed by atoms with van der Waals surface area (Å²) in [6, 6.07) is 15.4. The number of sulfonamides is 1. The Morgan fingerprint density at radius 2 is 1.68 bits per heavy atom. The number of amides is 2. The van der Waals surface area contributed by atoms with Gasteiger partial charge in [0.15, 0.2) is 0 Å². The first-order valence-electron chi connectivity index (χ1n) is 13.8. The van der Waals surface area contributed by atoms with Gasteiger partial charge in [-0.15, -0.1) is 0 Å². The highest BCUT2D eigenvalue weighted by Gasteiger charge is 2.37. The fourth-order valence-corrected chi connectivity index (χ4v) is 6.10. The van der Waals surface area contributed by atoms with Crippen LogP contribution in [0.1, 0.15) is 38.3 Å². The van der Waals surface area contributed by atoms with E-state index in [9.17, 15) is 31.2 Å². The van der Waals surface area contributed by atoms with E-state index < -0.39 is 56.9 Å². The quantitative estimate of drug-likeness (QED) is 0.239. The maximum Gasteiger partial charge on any atom is 0.417 e. The first-order chi connectivity index (χ1) is 20.7. The zero-order valence-electron chi connectivity index (χ0n) is 24.8. The van der Waals surface area contributed by atoms with Crippen LogP contribution in [0.5, 0.6) is 5.75 Å². The molecule has 0 aromatic heterocycles. The van der Waals surface area contributed by atoms with Crippen molar-refractivity contribution in [2.75, 3.05) is 24.5 Å². The molecule has 0 saturated heterocycles. The average Bonchev–Trinajstić information content (AvgIpc) is 2.98. The van der Waals surface area contributed by atoms with Gasteiger partial charge in [-0.05, 0) is 60.4 Å². The number of hydrogen-bond acceptors (Lipinski definition) is 5. The highest BCUT2D eigenvalue weighted by molar-refractivity contribution is 7.92. The van der Waals surface area contributed by atoms with E-state index in [-0.39, 0.29) is 23.8 Å². The number of halogens is 4. The number of anilines is 1. The van der Waals surface area contributed by atoms with Crippen LogP contribution in [0.15, 0.2) is 77.7 Å². The number of rotatable bonds is 13. The fraction of sp³-hybridized carbons (Fsp3) is 0.355. The van der Waals surface area contributed by atoms with Gasteiger partial charge in [-0.2, -0.15) is 13.2 Å². The van der Waals surface area contributed by atoms with Gasteiger partial charge in [0.2, 0.25) is 11.8 Å². The van der Waals surface area contributed by atoms with E-state index in [0.29, 0.717) is 28.2 Å². The lowest BCUT2D eigenvalue weighted by Gasteiger charge is -2.33. The molecule has 0 heterocycles. The molecule has 1 atom stereocenters. The standard InChI is InChI=1S/C31H35ClF3N3O5S/c1-5-28(30(40)36-18-21(2)3)37(19-22-10-9-11-24(16-22)43-4)29(39)20-38(44(41,42)25-12-7-6-8-13-25)23-14-15-27(32)26(17-23)31(33,34)35/h6-17,21,28H,5,18-20H2,1-4H3,(H,36,40)/t28-/m0/s1. The SMILES string of the molecule is CC[C@@H](C(=O)NCC(C)C)N(Cc1cccc(OC)c1)C(=O)CN(c1ccc(Cl)c(C(F)(F)F)c1)S(=O)(=O)c1ccccc1. The van der Waals surface area contributed by atoms with Crippen LogP contribution in [-0.2, 0) is 32.3 Å². The summed E-state index contributed by atoms with van der Waals surface area (Å²) in [5, 5.41) is 2.19. The lowest BCUT2D eigenvalue weighted by atomic mass is 10.1. The van der Waals surface area contributed by atoms with Gasteiger partial charge in [0, 0.05) is 13.1 Å². The number of hydrogen-bond donors (Lipinski definition) is 1. The monoisotopic (exact) mass is 653 g/mol. The molecular weight excluding hydrogens is 619 g/mol. The summed E-state index contributed by atoms with van der Waals surface area (Å²) in [6.07, 6.45) is -4.70. The molecule has 0 spiro atoms. The molecule has 2 amide bonds. The van der Waals surface area contributed by atoms with Crippen LogP contribution < -0.4 is 14.4 Å². The van der Waals surface area contributed by atoms with E-state index in [2.05, 4.69) is 5.32 Å². The molecule has 44 heavy (non-hydrogen) atoms. The number of nitrogens with zero attached hydrogens (tertiary/aromatic N) is 2. The maximum absolute atomic E-state index is 14.1. The summed E-state index contributed by atoms with van der Waals surface area (Å²) in [5.74, 6) is -0.622. The number of alkyl halides is 3. The van der Waals surface area contributed by atoms with E-state index >= 15 is 0 Å². The molecule has 0 aliphatic heterocycles. The van der Waals surface area contributed by atoms with Crippen molar-refractivity contribution in [3.05, 3.63) is 88.9 Å². The van der Waals surface area contributed by atoms with Crippen LogP contribution in [0, 0.1) is 5.92 Å². The van der Waals surface area contributed by atoms with Gasteiger partial charge in [0.1, 0.15) is 18.3 Å². The highest BCUT2D eigenvalue weighted by Crippen LogP contribution is 2.38. The number of carbonyl (C=O) groups excluding carboxylic acids is 2. The molecule has 0 aliphatic carbocycles. The maximum atomic E-state index is 14.1. The van der Waals surface area contributed by atoms with Crippen molar-refractivity contribution in [1.29, 1.82) is 0 Å². The summed E-state index contributed by atoms with van der Waals surface area (Å²) in [7, 11) is -3.08. The Bertz CT molecular complexity index is 1550. The molecule has 3 aromatic carbocycles. The van der Waals surface area contributed by atoms with Crippen LogP contribution in [0.4, 0.5) is 18.9 Å². The molecule has 0 fully saturated rings. The third-order valence-electron chi connectivity index (χ3n) is 6.71. The third-order valence-corrected chi connectivity index (χ3v) is 8.83. The number of carbonyl (C=O) groups is 2. The minimum Gasteiger partial charge on any atom is -0.497 e. The van der Waals surface area contributed by atoms with Crippen molar-refractivity contribution in [2.45, 2.75) is 50.9 Å². The van der Waals surface area contributed by atoms with Gasteiger partial charge in [-0.1, -0.05) is 62.7 Å². The van der Waals surface area contributed by atoms with Crippen molar-refractivity contribution in [3.63, 3.8) is 0 Å². The zero-order chi connectivity index (χ0) is 32.7. The second-order valence-electron chi connectivity index (χ2n) is 10.4. The normalized spacial score (nSPS) is 12.5. The molecule has 0 unspecified atom stereocenters. The molecule has 3 rings (SSSR count). The van der Waals surface area contributed by atoms with Crippen molar-refractivity contribution < 1.29 is 35.9 Å². The van der Waals surface area contributed by atoms with Crippen molar-refractivity contribution in [3.8, 4) is 5.75 Å². The Kier molecular flexibility index (Phi) is 11.7. The molecular formula is C31H35ClF3N3O5S. The molecule has 1 N–H and O–H groups in total. The molecule has 0 radical (unpaired) electrons. The van der Waals surface area contributed by atoms with Crippen LogP contribution in [0.3, 0.4) is 0 Å². The van der Waals surface area contributed by atoms with Gasteiger partial charge < -0.3 is 15.0 Å². The minimum absolute atomic E-state index is 0.0999. The van der Waals surface area contributed by atoms with Crippen molar-refractivity contribution >= 4 is 39.1 Å². The predicted octanol–water partition coefficient (Wildman–Crippen LogP) is 6.14. The molecule has 13 heteroatoms. The Labute approximate surface area is 260 Å². The van der Waals surface area contributed by atoms with E-state index in [1.807, 2.05) is 13.8 Å². The minimum atomic E-state index is -4.89. The fourth-order valence-electron chi connectivity index (χ4n) is 4.44. The van der Waals surface area contributed by atoms with E-state index in [1.54, 1.807) is 37.3 Å². The largest absolute Gasteiger partial charge is 0.497 e. The second-order valence-corrected chi connectivity index (χ2v) is 12.7. The summed E-state index contributed by atoms with van der Waals surface area (Å²) in [5.41, 5.74) is -1.08. The lowest BCUT2D eigenvalue weighted by molar-refractivity contribution is -0.140. The van der Waals surface area contributed by atoms with Crippen molar-refractivity contribution in [1.82, 2.24) is 10.2 Å².